The van der Waals surface area contributed by atoms with Crippen LogP contribution in [0.2, 0.25) is 0 Å². The predicted molar refractivity (Wildman–Crippen MR) is 131 cm³/mol. The monoisotopic (exact) mass is 456 g/mol. The summed E-state index contributed by atoms with van der Waals surface area (Å²) in [5, 5.41) is 4.07. The summed E-state index contributed by atoms with van der Waals surface area (Å²) >= 11 is 5.79. The Labute approximate surface area is 196 Å². The van der Waals surface area contributed by atoms with Gasteiger partial charge in [0.25, 0.3) is 0 Å². The molecule has 1 aliphatic heterocycles. The van der Waals surface area contributed by atoms with Gasteiger partial charge in [0.05, 0.1) is 34.5 Å². The molecule has 0 aliphatic carbocycles. The fourth-order valence-corrected chi connectivity index (χ4v) is 4.34. The molecule has 1 atom stereocenters. The van der Waals surface area contributed by atoms with E-state index in [0.29, 0.717) is 23.8 Å². The lowest BCUT2D eigenvalue weighted by Crippen LogP contribution is -2.46. The summed E-state index contributed by atoms with van der Waals surface area (Å²) in [6.07, 6.45) is 1.62. The Morgan fingerprint density at radius 2 is 1.62 bits per heavy atom. The van der Waals surface area contributed by atoms with Gasteiger partial charge in [0, 0.05) is 13.1 Å². The normalized spacial score (nSPS) is 14.9. The van der Waals surface area contributed by atoms with E-state index in [9.17, 15) is 0 Å². The number of fused-ring (bicyclic) bond motifs is 1. The second kappa shape index (κ2) is 10.6. The Hall–Kier alpha value is -2.93. The SMILES string of the molecule is C=C(C)CNC(=S)N1CCc2cc(OC)c(OC)cc2C1Cc1ccc(OC)c(OC)c1. The van der Waals surface area contributed by atoms with Crippen molar-refractivity contribution in [1.29, 1.82) is 0 Å². The van der Waals surface area contributed by atoms with Crippen molar-refractivity contribution in [2.24, 2.45) is 0 Å². The highest BCUT2D eigenvalue weighted by Crippen LogP contribution is 2.40. The molecule has 0 amide bonds. The Kier molecular flexibility index (Phi) is 7.85. The van der Waals surface area contributed by atoms with Gasteiger partial charge >= 0.3 is 0 Å². The summed E-state index contributed by atoms with van der Waals surface area (Å²) in [5.74, 6) is 2.88. The first kappa shape index (κ1) is 23.7. The molecule has 0 fully saturated rings. The molecule has 0 saturated carbocycles. The summed E-state index contributed by atoms with van der Waals surface area (Å²) < 4.78 is 22.1. The molecular weight excluding hydrogens is 424 g/mol. The van der Waals surface area contributed by atoms with E-state index in [1.165, 1.54) is 11.1 Å². The van der Waals surface area contributed by atoms with E-state index in [4.69, 9.17) is 31.2 Å². The van der Waals surface area contributed by atoms with E-state index in [1.54, 1.807) is 28.4 Å². The minimum absolute atomic E-state index is 0.0294. The number of thiocarbonyl (C=S) groups is 1. The highest BCUT2D eigenvalue weighted by Gasteiger charge is 2.31. The lowest BCUT2D eigenvalue weighted by molar-refractivity contribution is 0.289. The topological polar surface area (TPSA) is 52.2 Å². The van der Waals surface area contributed by atoms with Crippen LogP contribution in [0.5, 0.6) is 23.0 Å². The van der Waals surface area contributed by atoms with Crippen molar-refractivity contribution in [3.05, 3.63) is 59.2 Å². The van der Waals surface area contributed by atoms with Gasteiger partial charge in [-0.15, -0.1) is 0 Å². The van der Waals surface area contributed by atoms with Crippen molar-refractivity contribution >= 4 is 17.3 Å². The quantitative estimate of drug-likeness (QED) is 0.469. The van der Waals surface area contributed by atoms with Crippen LogP contribution in [0.4, 0.5) is 0 Å². The fraction of sp³-hybridized carbons (Fsp3) is 0.400. The van der Waals surface area contributed by atoms with E-state index in [0.717, 1.165) is 41.4 Å². The maximum Gasteiger partial charge on any atom is 0.169 e. The van der Waals surface area contributed by atoms with Gasteiger partial charge in [0.2, 0.25) is 0 Å². The van der Waals surface area contributed by atoms with E-state index >= 15 is 0 Å². The number of hydrogen-bond donors (Lipinski definition) is 1. The smallest absolute Gasteiger partial charge is 0.169 e. The first-order valence-corrected chi connectivity index (χ1v) is 11.0. The largest absolute Gasteiger partial charge is 0.493 e. The third kappa shape index (κ3) is 5.10. The Morgan fingerprint density at radius 1 is 1.00 bits per heavy atom. The molecule has 1 aliphatic rings. The summed E-state index contributed by atoms with van der Waals surface area (Å²) in [7, 11) is 6.62. The fourth-order valence-electron chi connectivity index (χ4n) is 4.05. The highest BCUT2D eigenvalue weighted by atomic mass is 32.1. The molecule has 0 saturated heterocycles. The van der Waals surface area contributed by atoms with Gasteiger partial charge in [-0.25, -0.2) is 0 Å². The van der Waals surface area contributed by atoms with Gasteiger partial charge < -0.3 is 29.2 Å². The number of hydrogen-bond acceptors (Lipinski definition) is 5. The van der Waals surface area contributed by atoms with Crippen molar-refractivity contribution in [2.75, 3.05) is 41.5 Å². The summed E-state index contributed by atoms with van der Waals surface area (Å²) in [6, 6.07) is 10.2. The van der Waals surface area contributed by atoms with Crippen molar-refractivity contribution < 1.29 is 18.9 Å². The zero-order valence-corrected chi connectivity index (χ0v) is 20.3. The van der Waals surface area contributed by atoms with Crippen LogP contribution in [-0.4, -0.2) is 51.5 Å². The van der Waals surface area contributed by atoms with Crippen LogP contribution >= 0.6 is 12.2 Å². The molecule has 2 aromatic carbocycles. The van der Waals surface area contributed by atoms with Crippen LogP contribution in [0.15, 0.2) is 42.5 Å². The molecule has 6 nitrogen and oxygen atoms in total. The molecule has 1 N–H and O–H groups in total. The highest BCUT2D eigenvalue weighted by molar-refractivity contribution is 7.80. The maximum atomic E-state index is 5.79. The molecule has 3 rings (SSSR count). The van der Waals surface area contributed by atoms with E-state index in [2.05, 4.69) is 35.0 Å². The Bertz CT molecular complexity index is 992. The minimum Gasteiger partial charge on any atom is -0.493 e. The van der Waals surface area contributed by atoms with Gasteiger partial charge in [-0.2, -0.15) is 0 Å². The van der Waals surface area contributed by atoms with Gasteiger partial charge in [0.15, 0.2) is 28.1 Å². The zero-order chi connectivity index (χ0) is 23.3. The molecule has 0 radical (unpaired) electrons. The van der Waals surface area contributed by atoms with Crippen LogP contribution in [0, 0.1) is 0 Å². The molecule has 0 bridgehead atoms. The van der Waals surface area contributed by atoms with Crippen molar-refractivity contribution in [3.63, 3.8) is 0 Å². The number of rotatable bonds is 8. The Morgan fingerprint density at radius 3 is 2.25 bits per heavy atom. The van der Waals surface area contributed by atoms with Crippen LogP contribution in [0.3, 0.4) is 0 Å². The van der Waals surface area contributed by atoms with Crippen molar-refractivity contribution in [3.8, 4) is 23.0 Å². The van der Waals surface area contributed by atoms with Gasteiger partial charge in [0.1, 0.15) is 0 Å². The number of methoxy groups -OCH3 is 4. The lowest BCUT2D eigenvalue weighted by atomic mass is 9.88. The number of ether oxygens (including phenoxy) is 4. The summed E-state index contributed by atoms with van der Waals surface area (Å²) in [5.41, 5.74) is 4.59. The lowest BCUT2D eigenvalue weighted by Gasteiger charge is -2.39. The third-order valence-corrected chi connectivity index (χ3v) is 6.06. The van der Waals surface area contributed by atoms with E-state index < -0.39 is 0 Å². The van der Waals surface area contributed by atoms with Gasteiger partial charge in [-0.3, -0.25) is 0 Å². The molecule has 32 heavy (non-hydrogen) atoms. The van der Waals surface area contributed by atoms with E-state index in [1.807, 2.05) is 19.1 Å². The van der Waals surface area contributed by atoms with Crippen LogP contribution in [0.1, 0.15) is 29.7 Å². The van der Waals surface area contributed by atoms with E-state index in [-0.39, 0.29) is 6.04 Å². The van der Waals surface area contributed by atoms with Crippen molar-refractivity contribution in [2.45, 2.75) is 25.8 Å². The molecule has 1 heterocycles. The first-order valence-electron chi connectivity index (χ1n) is 10.6. The molecule has 1 unspecified atom stereocenters. The second-order valence-corrected chi connectivity index (χ2v) is 8.26. The number of nitrogens with one attached hydrogen (secondary N) is 1. The first-order chi connectivity index (χ1) is 15.4. The second-order valence-electron chi connectivity index (χ2n) is 7.87. The standard InChI is InChI=1S/C25H32N2O4S/c1-16(2)15-26-25(32)27-10-9-18-13-23(30-5)24(31-6)14-19(18)20(27)11-17-7-8-21(28-3)22(12-17)29-4/h7-8,12-14,20H,1,9-11,15H2,2-6H3,(H,26,32). The molecule has 172 valence electrons. The number of benzene rings is 2. The van der Waals surface area contributed by atoms with Crippen LogP contribution < -0.4 is 24.3 Å². The molecule has 0 aromatic heterocycles. The molecule has 2 aromatic rings. The Balaban J connectivity index is 2.01. The number of nitrogens with zero attached hydrogens (tertiary/aromatic N) is 1. The molecular formula is C25H32N2O4S. The predicted octanol–water partition coefficient (Wildman–Crippen LogP) is 4.31. The average molecular weight is 457 g/mol. The van der Waals surface area contributed by atoms with Crippen LogP contribution in [0.25, 0.3) is 0 Å². The third-order valence-electron chi connectivity index (χ3n) is 5.68. The van der Waals surface area contributed by atoms with Crippen LogP contribution in [-0.2, 0) is 12.8 Å². The van der Waals surface area contributed by atoms with Gasteiger partial charge in [-0.1, -0.05) is 18.2 Å². The zero-order valence-electron chi connectivity index (χ0n) is 19.5. The minimum atomic E-state index is 0.0294. The molecule has 7 heteroatoms. The summed E-state index contributed by atoms with van der Waals surface area (Å²) in [6.45, 7) is 7.42. The average Bonchev–Trinajstić information content (AvgIpc) is 2.81. The van der Waals surface area contributed by atoms with Gasteiger partial charge in [-0.05, 0) is 72.9 Å². The maximum absolute atomic E-state index is 5.79. The summed E-state index contributed by atoms with van der Waals surface area (Å²) in [4.78, 5) is 2.25. The van der Waals surface area contributed by atoms with Crippen molar-refractivity contribution in [1.82, 2.24) is 10.2 Å². The molecule has 0 spiro atoms.